The second kappa shape index (κ2) is 10.1. The number of rotatable bonds is 8. The van der Waals surface area contributed by atoms with Gasteiger partial charge in [0.05, 0.1) is 19.9 Å². The summed E-state index contributed by atoms with van der Waals surface area (Å²) in [5.41, 5.74) is 3.81. The van der Waals surface area contributed by atoms with E-state index in [4.69, 9.17) is 14.2 Å². The molecule has 0 aliphatic rings. The summed E-state index contributed by atoms with van der Waals surface area (Å²) in [6.07, 6.45) is 3.02. The molecule has 0 aliphatic carbocycles. The molecular formula is C24H25NO4S. The Labute approximate surface area is 181 Å². The van der Waals surface area contributed by atoms with E-state index in [9.17, 15) is 4.79 Å². The topological polar surface area (TPSA) is 57.7 Å². The highest BCUT2D eigenvalue weighted by molar-refractivity contribution is 7.13. The third-order valence-corrected chi connectivity index (χ3v) is 5.51. The van der Waals surface area contributed by atoms with Crippen molar-refractivity contribution >= 4 is 23.4 Å². The van der Waals surface area contributed by atoms with Crippen LogP contribution in [0.15, 0.2) is 53.9 Å². The summed E-state index contributed by atoms with van der Waals surface area (Å²) in [6, 6.07) is 13.8. The highest BCUT2D eigenvalue weighted by Crippen LogP contribution is 2.27. The van der Waals surface area contributed by atoms with Gasteiger partial charge >= 0.3 is 5.97 Å². The third kappa shape index (κ3) is 5.48. The lowest BCUT2D eigenvalue weighted by atomic mass is 10.0. The minimum absolute atomic E-state index is 0.124. The molecule has 156 valence electrons. The Morgan fingerprint density at radius 3 is 2.53 bits per heavy atom. The Morgan fingerprint density at radius 2 is 1.87 bits per heavy atom. The van der Waals surface area contributed by atoms with Crippen LogP contribution in [0.3, 0.4) is 0 Å². The van der Waals surface area contributed by atoms with Crippen LogP contribution in [0.2, 0.25) is 0 Å². The molecule has 0 spiro atoms. The minimum atomic E-state index is -0.448. The van der Waals surface area contributed by atoms with Crippen molar-refractivity contribution in [3.05, 3.63) is 70.7 Å². The van der Waals surface area contributed by atoms with E-state index in [1.54, 1.807) is 38.5 Å². The number of benzene rings is 2. The number of aromatic nitrogens is 1. The van der Waals surface area contributed by atoms with E-state index in [1.165, 1.54) is 23.0 Å². The third-order valence-electron chi connectivity index (χ3n) is 4.57. The van der Waals surface area contributed by atoms with Gasteiger partial charge in [-0.3, -0.25) is 0 Å². The summed E-state index contributed by atoms with van der Waals surface area (Å²) in [5, 5.41) is 2.82. The highest BCUT2D eigenvalue weighted by Gasteiger charge is 2.08. The van der Waals surface area contributed by atoms with Gasteiger partial charge in [0.15, 0.2) is 0 Å². The predicted octanol–water partition coefficient (Wildman–Crippen LogP) is 5.71. The first-order chi connectivity index (χ1) is 14.5. The molecule has 3 rings (SSSR count). The SMILES string of the molecule is COc1ccc(OC)c(/C=C/C(=O)OCc2csc(-c3ccc(C(C)C)cc3)n2)c1. The lowest BCUT2D eigenvalue weighted by molar-refractivity contribution is -0.139. The largest absolute Gasteiger partial charge is 0.497 e. The molecule has 0 aliphatic heterocycles. The Hall–Kier alpha value is -3.12. The second-order valence-corrected chi connectivity index (χ2v) is 7.83. The maximum atomic E-state index is 12.1. The second-order valence-electron chi connectivity index (χ2n) is 6.97. The Balaban J connectivity index is 1.60. The normalized spacial score (nSPS) is 11.1. The first-order valence-corrected chi connectivity index (χ1v) is 10.5. The van der Waals surface area contributed by atoms with Crippen LogP contribution in [0.4, 0.5) is 0 Å². The Bertz CT molecular complexity index is 1020. The molecule has 0 N–H and O–H groups in total. The summed E-state index contributed by atoms with van der Waals surface area (Å²) in [4.78, 5) is 16.7. The Morgan fingerprint density at radius 1 is 1.10 bits per heavy atom. The molecule has 30 heavy (non-hydrogen) atoms. The van der Waals surface area contributed by atoms with Crippen molar-refractivity contribution < 1.29 is 19.0 Å². The molecule has 0 unspecified atom stereocenters. The maximum Gasteiger partial charge on any atom is 0.331 e. The van der Waals surface area contributed by atoms with Crippen LogP contribution in [-0.2, 0) is 16.1 Å². The fraction of sp³-hybridized carbons (Fsp3) is 0.250. The van der Waals surface area contributed by atoms with Crippen molar-refractivity contribution in [1.82, 2.24) is 4.98 Å². The average molecular weight is 424 g/mol. The van der Waals surface area contributed by atoms with Gasteiger partial charge in [-0.15, -0.1) is 11.3 Å². The smallest absolute Gasteiger partial charge is 0.331 e. The molecule has 0 amide bonds. The van der Waals surface area contributed by atoms with Crippen molar-refractivity contribution in [3.8, 4) is 22.1 Å². The predicted molar refractivity (Wildman–Crippen MR) is 120 cm³/mol. The molecule has 1 aromatic heterocycles. The fourth-order valence-electron chi connectivity index (χ4n) is 2.84. The first kappa shape index (κ1) is 21.6. The molecule has 5 nitrogen and oxygen atoms in total. The summed E-state index contributed by atoms with van der Waals surface area (Å²) >= 11 is 1.54. The lowest BCUT2D eigenvalue weighted by Crippen LogP contribution is -2.01. The van der Waals surface area contributed by atoms with Crippen molar-refractivity contribution in [2.24, 2.45) is 0 Å². The quantitative estimate of drug-likeness (QED) is 0.343. The van der Waals surface area contributed by atoms with Gasteiger partial charge in [-0.2, -0.15) is 0 Å². The first-order valence-electron chi connectivity index (χ1n) is 9.61. The number of nitrogens with zero attached hydrogens (tertiary/aromatic N) is 1. The van der Waals surface area contributed by atoms with Gasteiger partial charge in [-0.05, 0) is 35.8 Å². The van der Waals surface area contributed by atoms with E-state index in [2.05, 4.69) is 43.1 Å². The molecule has 0 atom stereocenters. The van der Waals surface area contributed by atoms with E-state index >= 15 is 0 Å². The van der Waals surface area contributed by atoms with Gasteiger partial charge in [-0.25, -0.2) is 9.78 Å². The molecule has 6 heteroatoms. The van der Waals surface area contributed by atoms with Gasteiger partial charge in [0, 0.05) is 22.6 Å². The number of hydrogen-bond donors (Lipinski definition) is 0. The molecule has 0 fully saturated rings. The maximum absolute atomic E-state index is 12.1. The number of carbonyl (C=O) groups excluding carboxylic acids is 1. The van der Waals surface area contributed by atoms with E-state index in [1.807, 2.05) is 5.38 Å². The molecular weight excluding hydrogens is 398 g/mol. The van der Waals surface area contributed by atoms with Gasteiger partial charge in [0.25, 0.3) is 0 Å². The minimum Gasteiger partial charge on any atom is -0.497 e. The summed E-state index contributed by atoms with van der Waals surface area (Å²) in [6.45, 7) is 4.46. The van der Waals surface area contributed by atoms with Crippen molar-refractivity contribution in [1.29, 1.82) is 0 Å². The number of methoxy groups -OCH3 is 2. The van der Waals surface area contributed by atoms with Gasteiger partial charge in [0.2, 0.25) is 0 Å². The fourth-order valence-corrected chi connectivity index (χ4v) is 3.65. The van der Waals surface area contributed by atoms with Crippen molar-refractivity contribution in [2.45, 2.75) is 26.4 Å². The number of esters is 1. The van der Waals surface area contributed by atoms with Crippen molar-refractivity contribution in [3.63, 3.8) is 0 Å². The van der Waals surface area contributed by atoms with Crippen LogP contribution < -0.4 is 9.47 Å². The summed E-state index contributed by atoms with van der Waals surface area (Å²) in [7, 11) is 3.16. The molecule has 3 aromatic rings. The number of ether oxygens (including phenoxy) is 3. The average Bonchev–Trinajstić information content (AvgIpc) is 3.25. The molecule has 2 aromatic carbocycles. The molecule has 0 bridgehead atoms. The van der Waals surface area contributed by atoms with Crippen LogP contribution in [0.25, 0.3) is 16.6 Å². The van der Waals surface area contributed by atoms with Crippen LogP contribution in [0.1, 0.15) is 36.6 Å². The van der Waals surface area contributed by atoms with E-state index in [-0.39, 0.29) is 6.61 Å². The van der Waals surface area contributed by atoms with Crippen molar-refractivity contribution in [2.75, 3.05) is 14.2 Å². The number of hydrogen-bond acceptors (Lipinski definition) is 6. The zero-order valence-corrected chi connectivity index (χ0v) is 18.4. The number of thiazole rings is 1. The molecule has 0 saturated carbocycles. The molecule has 0 saturated heterocycles. The van der Waals surface area contributed by atoms with Crippen LogP contribution in [0.5, 0.6) is 11.5 Å². The number of carbonyl (C=O) groups is 1. The molecule has 0 radical (unpaired) electrons. The lowest BCUT2D eigenvalue weighted by Gasteiger charge is -2.07. The molecule has 1 heterocycles. The van der Waals surface area contributed by atoms with Crippen LogP contribution in [0, 0.1) is 0 Å². The van der Waals surface area contributed by atoms with E-state index in [0.29, 0.717) is 17.4 Å². The van der Waals surface area contributed by atoms with Gasteiger partial charge < -0.3 is 14.2 Å². The Kier molecular flexibility index (Phi) is 7.25. The monoisotopic (exact) mass is 423 g/mol. The van der Waals surface area contributed by atoms with E-state index < -0.39 is 5.97 Å². The van der Waals surface area contributed by atoms with Gasteiger partial charge in [0.1, 0.15) is 23.1 Å². The zero-order chi connectivity index (χ0) is 21.5. The van der Waals surface area contributed by atoms with Crippen LogP contribution in [-0.4, -0.2) is 25.2 Å². The highest BCUT2D eigenvalue weighted by atomic mass is 32.1. The van der Waals surface area contributed by atoms with E-state index in [0.717, 1.165) is 21.8 Å². The van der Waals surface area contributed by atoms with Crippen LogP contribution >= 0.6 is 11.3 Å². The summed E-state index contributed by atoms with van der Waals surface area (Å²) < 4.78 is 15.8. The summed E-state index contributed by atoms with van der Waals surface area (Å²) in [5.74, 6) is 1.37. The van der Waals surface area contributed by atoms with Gasteiger partial charge in [-0.1, -0.05) is 38.1 Å². The zero-order valence-electron chi connectivity index (χ0n) is 17.5. The standard InChI is InChI=1S/C24H25NO4S/c1-16(2)17-5-7-18(8-6-17)24-25-20(15-30-24)14-29-23(26)12-9-19-13-21(27-3)10-11-22(19)28-4/h5-13,15-16H,14H2,1-4H3/b12-9+.